The number of ether oxygens (including phenoxy) is 4. The van der Waals surface area contributed by atoms with Gasteiger partial charge in [-0.3, -0.25) is 9.59 Å². The molecule has 1 fully saturated rings. The summed E-state index contributed by atoms with van der Waals surface area (Å²) in [5.41, 5.74) is 0.444. The Hall–Kier alpha value is -2.38. The van der Waals surface area contributed by atoms with E-state index in [9.17, 15) is 9.59 Å². The minimum Gasteiger partial charge on any atom is -0.454 e. The number of amides is 1. The molecule has 3 atom stereocenters. The molecule has 0 aromatic heterocycles. The molecule has 7 nitrogen and oxygen atoms in total. The molecule has 0 radical (unpaired) electrons. The fraction of sp³-hybridized carbons (Fsp3) is 0.412. The number of hydrogen-bond acceptors (Lipinski definition) is 6. The van der Waals surface area contributed by atoms with Crippen LogP contribution >= 0.6 is 0 Å². The lowest BCUT2D eigenvalue weighted by Crippen LogP contribution is -2.50. The van der Waals surface area contributed by atoms with Crippen LogP contribution in [0.15, 0.2) is 30.4 Å². The van der Waals surface area contributed by atoms with Crippen LogP contribution in [-0.2, 0) is 14.3 Å². The van der Waals surface area contributed by atoms with Crippen LogP contribution in [0, 0.1) is 0 Å². The Balaban J connectivity index is 1.53. The number of nitrogens with one attached hydrogen (secondary N) is 1. The third kappa shape index (κ3) is 2.55. The molecule has 1 aromatic rings. The van der Waals surface area contributed by atoms with Crippen molar-refractivity contribution in [3.63, 3.8) is 0 Å². The fourth-order valence-electron chi connectivity index (χ4n) is 3.08. The van der Waals surface area contributed by atoms with E-state index in [0.717, 1.165) is 0 Å². The van der Waals surface area contributed by atoms with Crippen molar-refractivity contribution in [2.45, 2.75) is 37.9 Å². The van der Waals surface area contributed by atoms with Crippen molar-refractivity contribution in [1.29, 1.82) is 0 Å². The fourth-order valence-corrected chi connectivity index (χ4v) is 3.08. The second kappa shape index (κ2) is 5.32. The van der Waals surface area contributed by atoms with Gasteiger partial charge in [-0.25, -0.2) is 0 Å². The largest absolute Gasteiger partial charge is 0.454 e. The molecule has 0 bridgehead atoms. The van der Waals surface area contributed by atoms with Crippen LogP contribution in [0.1, 0.15) is 24.2 Å². The maximum atomic E-state index is 12.5. The second-order valence-corrected chi connectivity index (χ2v) is 6.35. The monoisotopic (exact) mass is 331 g/mol. The number of rotatable bonds is 2. The van der Waals surface area contributed by atoms with Crippen LogP contribution in [0.5, 0.6) is 11.5 Å². The SMILES string of the molecule is CC1(C)O[C@@H]2[C@H](O1)C(=O)C=C[C@H]2NC(=O)c1ccc2c(c1)OCO2. The highest BCUT2D eigenvalue weighted by atomic mass is 16.8. The van der Waals surface area contributed by atoms with Crippen LogP contribution in [0.25, 0.3) is 0 Å². The van der Waals surface area contributed by atoms with Crippen molar-refractivity contribution in [2.75, 3.05) is 6.79 Å². The molecule has 2 heterocycles. The lowest BCUT2D eigenvalue weighted by Gasteiger charge is -2.27. The zero-order chi connectivity index (χ0) is 16.9. The summed E-state index contributed by atoms with van der Waals surface area (Å²) in [7, 11) is 0. The van der Waals surface area contributed by atoms with E-state index in [-0.39, 0.29) is 18.5 Å². The summed E-state index contributed by atoms with van der Waals surface area (Å²) < 4.78 is 21.9. The zero-order valence-corrected chi connectivity index (χ0v) is 13.3. The number of hydrogen-bond donors (Lipinski definition) is 1. The summed E-state index contributed by atoms with van der Waals surface area (Å²) in [4.78, 5) is 24.5. The molecule has 126 valence electrons. The molecule has 1 N–H and O–H groups in total. The Morgan fingerprint density at radius 1 is 1.21 bits per heavy atom. The van der Waals surface area contributed by atoms with Crippen LogP contribution < -0.4 is 14.8 Å². The number of carbonyl (C=O) groups excluding carboxylic acids is 2. The minimum atomic E-state index is -0.862. The average molecular weight is 331 g/mol. The van der Waals surface area contributed by atoms with Gasteiger partial charge in [0.2, 0.25) is 6.79 Å². The zero-order valence-electron chi connectivity index (χ0n) is 13.3. The Bertz CT molecular complexity index is 741. The van der Waals surface area contributed by atoms with E-state index in [1.165, 1.54) is 6.08 Å². The smallest absolute Gasteiger partial charge is 0.251 e. The standard InChI is InChI=1S/C17H17NO6/c1-17(2)23-14-10(4-5-11(19)15(14)24-17)18-16(20)9-3-6-12-13(7-9)22-8-21-12/h3-7,10,14-15H,8H2,1-2H3,(H,18,20)/t10-,14+,15-/m1/s1. The number of fused-ring (bicyclic) bond motifs is 2. The van der Waals surface area contributed by atoms with Crippen molar-refractivity contribution in [2.24, 2.45) is 0 Å². The Kier molecular flexibility index (Phi) is 3.36. The Morgan fingerprint density at radius 2 is 2.00 bits per heavy atom. The molecule has 1 saturated heterocycles. The van der Waals surface area contributed by atoms with Gasteiger partial charge in [0.05, 0.1) is 6.04 Å². The van der Waals surface area contributed by atoms with Crippen LogP contribution in [0.2, 0.25) is 0 Å². The van der Waals surface area contributed by atoms with Gasteiger partial charge in [-0.2, -0.15) is 0 Å². The molecule has 7 heteroatoms. The number of carbonyl (C=O) groups is 2. The van der Waals surface area contributed by atoms with Crippen molar-refractivity contribution in [3.8, 4) is 11.5 Å². The first-order chi connectivity index (χ1) is 11.4. The van der Waals surface area contributed by atoms with Gasteiger partial charge < -0.3 is 24.3 Å². The quantitative estimate of drug-likeness (QED) is 0.876. The van der Waals surface area contributed by atoms with Crippen LogP contribution in [0.3, 0.4) is 0 Å². The summed E-state index contributed by atoms with van der Waals surface area (Å²) in [6.07, 6.45) is 1.82. The van der Waals surface area contributed by atoms with E-state index in [0.29, 0.717) is 17.1 Å². The van der Waals surface area contributed by atoms with Gasteiger partial charge in [-0.15, -0.1) is 0 Å². The Morgan fingerprint density at radius 3 is 2.83 bits per heavy atom. The second-order valence-electron chi connectivity index (χ2n) is 6.35. The highest BCUT2D eigenvalue weighted by Gasteiger charge is 2.49. The highest BCUT2D eigenvalue weighted by molar-refractivity contribution is 5.98. The summed E-state index contributed by atoms with van der Waals surface area (Å²) in [6.45, 7) is 3.64. The maximum Gasteiger partial charge on any atom is 0.251 e. The number of ketones is 1. The molecule has 1 amide bonds. The maximum absolute atomic E-state index is 12.5. The van der Waals surface area contributed by atoms with E-state index < -0.39 is 24.0 Å². The van der Waals surface area contributed by atoms with Crippen molar-refractivity contribution >= 4 is 11.7 Å². The van der Waals surface area contributed by atoms with E-state index >= 15 is 0 Å². The van der Waals surface area contributed by atoms with Crippen LogP contribution in [-0.4, -0.2) is 42.5 Å². The molecular weight excluding hydrogens is 314 g/mol. The van der Waals surface area contributed by atoms with Gasteiger partial charge in [0.1, 0.15) is 6.10 Å². The Labute approximate surface area is 138 Å². The molecule has 4 rings (SSSR count). The topological polar surface area (TPSA) is 83.1 Å². The highest BCUT2D eigenvalue weighted by Crippen LogP contribution is 2.34. The van der Waals surface area contributed by atoms with Gasteiger partial charge in [-0.05, 0) is 38.1 Å². The predicted molar refractivity (Wildman–Crippen MR) is 81.8 cm³/mol. The first kappa shape index (κ1) is 15.2. The minimum absolute atomic E-state index is 0.151. The third-order valence-electron chi connectivity index (χ3n) is 4.16. The molecule has 2 aliphatic heterocycles. The van der Waals surface area contributed by atoms with E-state index in [1.54, 1.807) is 38.1 Å². The van der Waals surface area contributed by atoms with Gasteiger partial charge >= 0.3 is 0 Å². The number of benzene rings is 1. The lowest BCUT2D eigenvalue weighted by atomic mass is 9.95. The average Bonchev–Trinajstić information content (AvgIpc) is 3.12. The molecule has 1 aliphatic carbocycles. The van der Waals surface area contributed by atoms with Crippen LogP contribution in [0.4, 0.5) is 0 Å². The molecular formula is C17H17NO6. The molecule has 0 unspecified atom stereocenters. The summed E-state index contributed by atoms with van der Waals surface area (Å²) in [5.74, 6) is -0.150. The van der Waals surface area contributed by atoms with E-state index in [4.69, 9.17) is 18.9 Å². The van der Waals surface area contributed by atoms with E-state index in [1.807, 2.05) is 0 Å². The van der Waals surface area contributed by atoms with Gasteiger partial charge in [0.25, 0.3) is 5.91 Å². The van der Waals surface area contributed by atoms with E-state index in [2.05, 4.69) is 5.32 Å². The van der Waals surface area contributed by atoms with Crippen molar-refractivity contribution in [1.82, 2.24) is 5.32 Å². The summed E-state index contributed by atoms with van der Waals surface area (Å²) >= 11 is 0. The molecule has 24 heavy (non-hydrogen) atoms. The first-order valence-electron chi connectivity index (χ1n) is 7.71. The molecule has 0 saturated carbocycles. The summed E-state index contributed by atoms with van der Waals surface area (Å²) in [6, 6.07) is 4.53. The summed E-state index contributed by atoms with van der Waals surface area (Å²) in [5, 5.41) is 2.88. The molecule has 0 spiro atoms. The normalized spacial score (nSPS) is 29.4. The molecule has 1 aromatic carbocycles. The van der Waals surface area contributed by atoms with Gasteiger partial charge in [-0.1, -0.05) is 6.08 Å². The van der Waals surface area contributed by atoms with Gasteiger partial charge in [0, 0.05) is 5.56 Å². The van der Waals surface area contributed by atoms with Crippen molar-refractivity contribution < 1.29 is 28.5 Å². The van der Waals surface area contributed by atoms with Crippen molar-refractivity contribution in [3.05, 3.63) is 35.9 Å². The molecule has 3 aliphatic rings. The third-order valence-corrected chi connectivity index (χ3v) is 4.16. The predicted octanol–water partition coefficient (Wildman–Crippen LogP) is 1.17. The lowest BCUT2D eigenvalue weighted by molar-refractivity contribution is -0.152. The first-order valence-corrected chi connectivity index (χ1v) is 7.71. The van der Waals surface area contributed by atoms with Gasteiger partial charge in [0.15, 0.2) is 29.2 Å².